The number of hydrogen-bond donors (Lipinski definition) is 1. The van der Waals surface area contributed by atoms with Crippen molar-refractivity contribution in [1.29, 1.82) is 0 Å². The minimum Gasteiger partial charge on any atom is -0.497 e. The maximum Gasteiger partial charge on any atom is 0.118 e. The molecule has 0 aliphatic carbocycles. The molecule has 0 heterocycles. The lowest BCUT2D eigenvalue weighted by Crippen LogP contribution is -2.16. The highest BCUT2D eigenvalue weighted by Crippen LogP contribution is 2.11. The molecular weight excluding hydrogens is 174 g/mol. The molecule has 0 saturated carbocycles. The Bertz CT molecular complexity index is 266. The van der Waals surface area contributed by atoms with Crippen LogP contribution in [0, 0.1) is 0 Å². The van der Waals surface area contributed by atoms with Crippen LogP contribution in [-0.2, 0) is 6.42 Å². The molecule has 0 bridgehead atoms. The first-order chi connectivity index (χ1) is 6.86. The Morgan fingerprint density at radius 3 is 2.64 bits per heavy atom. The number of nitrogens with one attached hydrogen (secondary N) is 1. The van der Waals surface area contributed by atoms with E-state index >= 15 is 0 Å². The van der Waals surface area contributed by atoms with Crippen LogP contribution in [0.4, 0.5) is 0 Å². The molecular formula is C12H17NO. The second-order valence-electron chi connectivity index (χ2n) is 3.09. The number of hydrogen-bond acceptors (Lipinski definition) is 2. The molecule has 1 rings (SSSR count). The topological polar surface area (TPSA) is 21.3 Å². The van der Waals surface area contributed by atoms with Crippen LogP contribution in [0.2, 0.25) is 0 Å². The van der Waals surface area contributed by atoms with Gasteiger partial charge in [0.15, 0.2) is 0 Å². The Hall–Kier alpha value is -1.28. The zero-order chi connectivity index (χ0) is 10.2. The van der Waals surface area contributed by atoms with E-state index in [1.165, 1.54) is 5.56 Å². The van der Waals surface area contributed by atoms with Crippen molar-refractivity contribution < 1.29 is 4.74 Å². The van der Waals surface area contributed by atoms with E-state index in [0.717, 1.165) is 25.3 Å². The molecule has 0 amide bonds. The first kappa shape index (κ1) is 10.8. The Morgan fingerprint density at radius 1 is 1.36 bits per heavy atom. The third kappa shape index (κ3) is 3.62. The molecule has 0 aliphatic rings. The van der Waals surface area contributed by atoms with Crippen LogP contribution in [0.3, 0.4) is 0 Å². The Kier molecular flexibility index (Phi) is 4.79. The van der Waals surface area contributed by atoms with Crippen molar-refractivity contribution in [2.24, 2.45) is 0 Å². The summed E-state index contributed by atoms with van der Waals surface area (Å²) >= 11 is 0. The number of rotatable bonds is 6. The second-order valence-corrected chi connectivity index (χ2v) is 3.09. The van der Waals surface area contributed by atoms with Gasteiger partial charge in [0.25, 0.3) is 0 Å². The molecule has 1 N–H and O–H groups in total. The summed E-state index contributed by atoms with van der Waals surface area (Å²) in [5.74, 6) is 0.910. The number of methoxy groups -OCH3 is 1. The average Bonchev–Trinajstić information content (AvgIpc) is 2.25. The summed E-state index contributed by atoms with van der Waals surface area (Å²) in [7, 11) is 1.68. The summed E-state index contributed by atoms with van der Waals surface area (Å²) in [6, 6.07) is 8.16. The van der Waals surface area contributed by atoms with Crippen LogP contribution in [0.25, 0.3) is 0 Å². The van der Waals surface area contributed by atoms with E-state index in [0.29, 0.717) is 0 Å². The summed E-state index contributed by atoms with van der Waals surface area (Å²) in [5.41, 5.74) is 1.32. The van der Waals surface area contributed by atoms with Crippen molar-refractivity contribution in [3.05, 3.63) is 42.5 Å². The second kappa shape index (κ2) is 6.22. The zero-order valence-corrected chi connectivity index (χ0v) is 8.62. The van der Waals surface area contributed by atoms with Gasteiger partial charge in [-0.1, -0.05) is 18.2 Å². The quantitative estimate of drug-likeness (QED) is 0.548. The van der Waals surface area contributed by atoms with Gasteiger partial charge in [-0.15, -0.1) is 6.58 Å². The molecule has 14 heavy (non-hydrogen) atoms. The van der Waals surface area contributed by atoms with Gasteiger partial charge in [0.05, 0.1) is 7.11 Å². The third-order valence-electron chi connectivity index (χ3n) is 2.04. The van der Waals surface area contributed by atoms with Crippen LogP contribution in [0.1, 0.15) is 5.56 Å². The summed E-state index contributed by atoms with van der Waals surface area (Å²) in [6.07, 6.45) is 2.91. The minimum atomic E-state index is 0.871. The lowest BCUT2D eigenvalue weighted by atomic mass is 10.1. The summed E-state index contributed by atoms with van der Waals surface area (Å²) in [4.78, 5) is 0. The van der Waals surface area contributed by atoms with Gasteiger partial charge in [0, 0.05) is 6.54 Å². The van der Waals surface area contributed by atoms with Crippen molar-refractivity contribution in [2.75, 3.05) is 20.2 Å². The van der Waals surface area contributed by atoms with Gasteiger partial charge < -0.3 is 10.1 Å². The predicted octanol–water partition coefficient (Wildman–Crippen LogP) is 2.01. The van der Waals surface area contributed by atoms with Crippen molar-refractivity contribution in [2.45, 2.75) is 6.42 Å². The minimum absolute atomic E-state index is 0.871. The molecule has 0 fully saturated rings. The highest BCUT2D eigenvalue weighted by Gasteiger charge is 1.93. The van der Waals surface area contributed by atoms with E-state index in [-0.39, 0.29) is 0 Å². The fourth-order valence-corrected chi connectivity index (χ4v) is 1.23. The molecule has 1 aromatic rings. The lowest BCUT2D eigenvalue weighted by Gasteiger charge is -2.03. The van der Waals surface area contributed by atoms with Crippen LogP contribution in [-0.4, -0.2) is 20.2 Å². The van der Waals surface area contributed by atoms with Crippen molar-refractivity contribution >= 4 is 0 Å². The Morgan fingerprint density at radius 2 is 2.07 bits per heavy atom. The van der Waals surface area contributed by atoms with Gasteiger partial charge in [-0.25, -0.2) is 0 Å². The summed E-state index contributed by atoms with van der Waals surface area (Å²) in [5, 5.41) is 3.26. The molecule has 0 radical (unpaired) electrons. The van der Waals surface area contributed by atoms with Gasteiger partial charge in [-0.05, 0) is 30.7 Å². The summed E-state index contributed by atoms with van der Waals surface area (Å²) in [6.45, 7) is 5.50. The highest BCUT2D eigenvalue weighted by atomic mass is 16.5. The molecule has 1 aromatic carbocycles. The fourth-order valence-electron chi connectivity index (χ4n) is 1.23. The van der Waals surface area contributed by atoms with E-state index in [4.69, 9.17) is 4.74 Å². The maximum atomic E-state index is 5.08. The molecule has 0 unspecified atom stereocenters. The van der Waals surface area contributed by atoms with E-state index < -0.39 is 0 Å². The Labute approximate surface area is 85.6 Å². The molecule has 2 heteroatoms. The smallest absolute Gasteiger partial charge is 0.118 e. The van der Waals surface area contributed by atoms with Gasteiger partial charge in [-0.3, -0.25) is 0 Å². The molecule has 0 aromatic heterocycles. The van der Waals surface area contributed by atoms with E-state index in [1.54, 1.807) is 7.11 Å². The molecule has 2 nitrogen and oxygen atoms in total. The predicted molar refractivity (Wildman–Crippen MR) is 59.8 cm³/mol. The summed E-state index contributed by atoms with van der Waals surface area (Å²) < 4.78 is 5.08. The third-order valence-corrected chi connectivity index (χ3v) is 2.04. The van der Waals surface area contributed by atoms with Crippen LogP contribution in [0.5, 0.6) is 5.75 Å². The number of benzene rings is 1. The van der Waals surface area contributed by atoms with E-state index in [2.05, 4.69) is 24.0 Å². The number of ether oxygens (including phenoxy) is 1. The molecule has 0 spiro atoms. The zero-order valence-electron chi connectivity index (χ0n) is 8.62. The largest absolute Gasteiger partial charge is 0.497 e. The van der Waals surface area contributed by atoms with Gasteiger partial charge in [0.1, 0.15) is 5.75 Å². The van der Waals surface area contributed by atoms with Crippen molar-refractivity contribution in [3.63, 3.8) is 0 Å². The SMILES string of the molecule is C=CCNCCc1ccc(OC)cc1. The van der Waals surface area contributed by atoms with Crippen LogP contribution in [0.15, 0.2) is 36.9 Å². The fraction of sp³-hybridized carbons (Fsp3) is 0.333. The van der Waals surface area contributed by atoms with Crippen LogP contribution < -0.4 is 10.1 Å². The van der Waals surface area contributed by atoms with Gasteiger partial charge in [0.2, 0.25) is 0 Å². The normalized spacial score (nSPS) is 9.79. The monoisotopic (exact) mass is 191 g/mol. The van der Waals surface area contributed by atoms with E-state index in [1.807, 2.05) is 18.2 Å². The molecule has 0 aliphatic heterocycles. The standard InChI is InChI=1S/C12H17NO/c1-3-9-13-10-8-11-4-6-12(14-2)7-5-11/h3-7,13H,1,8-10H2,2H3. The highest BCUT2D eigenvalue weighted by molar-refractivity contribution is 5.27. The molecule has 0 atom stereocenters. The Balaban J connectivity index is 2.32. The van der Waals surface area contributed by atoms with Gasteiger partial charge in [-0.2, -0.15) is 0 Å². The van der Waals surface area contributed by atoms with Crippen LogP contribution >= 0.6 is 0 Å². The molecule has 0 saturated heterocycles. The van der Waals surface area contributed by atoms with Gasteiger partial charge >= 0.3 is 0 Å². The molecule has 76 valence electrons. The average molecular weight is 191 g/mol. The first-order valence-corrected chi connectivity index (χ1v) is 4.81. The van der Waals surface area contributed by atoms with E-state index in [9.17, 15) is 0 Å². The first-order valence-electron chi connectivity index (χ1n) is 4.81. The van der Waals surface area contributed by atoms with Crippen molar-refractivity contribution in [3.8, 4) is 5.75 Å². The maximum absolute atomic E-state index is 5.08. The lowest BCUT2D eigenvalue weighted by molar-refractivity contribution is 0.414. The van der Waals surface area contributed by atoms with Crippen molar-refractivity contribution in [1.82, 2.24) is 5.32 Å².